The van der Waals surface area contributed by atoms with Crippen molar-refractivity contribution < 1.29 is 8.95 Å². The first-order valence-electron chi connectivity index (χ1n) is 7.39. The number of nitrogens with one attached hydrogen (secondary N) is 1. The van der Waals surface area contributed by atoms with Gasteiger partial charge in [0, 0.05) is 24.6 Å². The summed E-state index contributed by atoms with van der Waals surface area (Å²) >= 11 is 6.20. The molecule has 1 N–H and O–H groups in total. The molecule has 2 rings (SSSR count). The highest BCUT2D eigenvalue weighted by Gasteiger charge is 2.09. The summed E-state index contributed by atoms with van der Waals surface area (Å²) in [6, 6.07) is 5.68. The Labute approximate surface area is 143 Å². The second kappa shape index (κ2) is 8.26. The van der Waals surface area contributed by atoms with Crippen LogP contribution in [0.15, 0.2) is 29.6 Å². The Morgan fingerprint density at radius 3 is 2.74 bits per heavy atom. The van der Waals surface area contributed by atoms with E-state index < -0.39 is 10.8 Å². The van der Waals surface area contributed by atoms with Gasteiger partial charge in [-0.3, -0.25) is 4.21 Å². The lowest BCUT2D eigenvalue weighted by Gasteiger charge is -2.12. The molecule has 0 amide bonds. The smallest absolute Gasteiger partial charge is 0.220 e. The Morgan fingerprint density at radius 2 is 2.13 bits per heavy atom. The molecule has 7 heteroatoms. The molecule has 124 valence electrons. The van der Waals surface area contributed by atoms with Crippen LogP contribution in [0.2, 0.25) is 5.02 Å². The van der Waals surface area contributed by atoms with E-state index in [0.717, 1.165) is 17.5 Å². The quantitative estimate of drug-likeness (QED) is 0.772. The maximum Gasteiger partial charge on any atom is 0.220 e. The van der Waals surface area contributed by atoms with Crippen molar-refractivity contribution in [2.75, 3.05) is 18.2 Å². The molecule has 5 nitrogen and oxygen atoms in total. The van der Waals surface area contributed by atoms with Crippen molar-refractivity contribution in [3.05, 3.63) is 40.5 Å². The van der Waals surface area contributed by atoms with Gasteiger partial charge in [-0.2, -0.15) is 0 Å². The van der Waals surface area contributed by atoms with Crippen molar-refractivity contribution in [1.82, 2.24) is 9.97 Å². The van der Waals surface area contributed by atoms with Crippen LogP contribution in [0.25, 0.3) is 0 Å². The molecule has 0 aliphatic rings. The normalized spacial score (nSPS) is 12.0. The number of aryl methyl sites for hydroxylation is 1. The van der Waals surface area contributed by atoms with Crippen molar-refractivity contribution in [3.8, 4) is 5.75 Å². The number of nitrogens with zero attached hydrogens (tertiary/aromatic N) is 2. The molecule has 1 aromatic heterocycles. The van der Waals surface area contributed by atoms with Gasteiger partial charge in [-0.25, -0.2) is 9.97 Å². The molecular weight excluding hydrogens is 334 g/mol. The minimum atomic E-state index is -1.21. The molecule has 1 heterocycles. The number of hydrogen-bond acceptors (Lipinski definition) is 5. The van der Waals surface area contributed by atoms with E-state index in [1.807, 2.05) is 32.0 Å². The van der Waals surface area contributed by atoms with Crippen molar-refractivity contribution in [2.45, 2.75) is 32.0 Å². The third-order valence-corrected chi connectivity index (χ3v) is 4.24. The Balaban J connectivity index is 2.15. The summed E-state index contributed by atoms with van der Waals surface area (Å²) in [4.78, 5) is 8.47. The highest BCUT2D eigenvalue weighted by molar-refractivity contribution is 7.84. The summed E-state index contributed by atoms with van der Waals surface area (Å²) in [5.41, 5.74) is 1.99. The van der Waals surface area contributed by atoms with Crippen LogP contribution in [-0.4, -0.2) is 27.0 Å². The van der Waals surface area contributed by atoms with Crippen LogP contribution in [0.1, 0.15) is 25.0 Å². The number of rotatable bonds is 7. The molecule has 1 atom stereocenters. The molecule has 0 fully saturated rings. The molecule has 0 saturated heterocycles. The number of benzene rings is 1. The average molecular weight is 354 g/mol. The van der Waals surface area contributed by atoms with Gasteiger partial charge in [0.25, 0.3) is 0 Å². The van der Waals surface area contributed by atoms with Crippen LogP contribution >= 0.6 is 11.6 Å². The zero-order valence-electron chi connectivity index (χ0n) is 13.4. The summed E-state index contributed by atoms with van der Waals surface area (Å²) in [6.45, 7) is 5.09. The van der Waals surface area contributed by atoms with E-state index in [1.54, 1.807) is 12.5 Å². The number of anilines is 1. The fourth-order valence-electron chi connectivity index (χ4n) is 2.05. The van der Waals surface area contributed by atoms with Crippen LogP contribution in [-0.2, 0) is 23.8 Å². The summed E-state index contributed by atoms with van der Waals surface area (Å²) in [5, 5.41) is 4.18. The third kappa shape index (κ3) is 4.65. The first-order chi connectivity index (χ1) is 11.0. The van der Waals surface area contributed by atoms with Crippen LogP contribution in [0.5, 0.6) is 5.75 Å². The lowest BCUT2D eigenvalue weighted by Crippen LogP contribution is -2.08. The SMILES string of the molecule is CCOc1ccc(CNc2nc(S(C)=O)ncc2CC)cc1Cl. The van der Waals surface area contributed by atoms with Gasteiger partial charge >= 0.3 is 0 Å². The van der Waals surface area contributed by atoms with E-state index in [9.17, 15) is 4.21 Å². The predicted molar refractivity (Wildman–Crippen MR) is 93.7 cm³/mol. The van der Waals surface area contributed by atoms with Crippen LogP contribution in [0.4, 0.5) is 5.82 Å². The van der Waals surface area contributed by atoms with Gasteiger partial charge < -0.3 is 10.1 Å². The van der Waals surface area contributed by atoms with Gasteiger partial charge in [-0.1, -0.05) is 24.6 Å². The average Bonchev–Trinajstić information content (AvgIpc) is 2.55. The van der Waals surface area contributed by atoms with Gasteiger partial charge in [0.05, 0.1) is 22.4 Å². The third-order valence-electron chi connectivity index (χ3n) is 3.24. The maximum atomic E-state index is 11.5. The monoisotopic (exact) mass is 353 g/mol. The van der Waals surface area contributed by atoms with Crippen LogP contribution < -0.4 is 10.1 Å². The molecule has 0 radical (unpaired) electrons. The minimum absolute atomic E-state index is 0.328. The topological polar surface area (TPSA) is 64.1 Å². The van der Waals surface area contributed by atoms with Crippen molar-refractivity contribution in [2.24, 2.45) is 0 Å². The Kier molecular flexibility index (Phi) is 6.36. The van der Waals surface area contributed by atoms with E-state index in [4.69, 9.17) is 16.3 Å². The van der Waals surface area contributed by atoms with E-state index >= 15 is 0 Å². The number of hydrogen-bond donors (Lipinski definition) is 1. The molecule has 1 unspecified atom stereocenters. The molecule has 1 aromatic carbocycles. The van der Waals surface area contributed by atoms with Gasteiger partial charge in [0.1, 0.15) is 11.6 Å². The second-order valence-electron chi connectivity index (χ2n) is 4.89. The fourth-order valence-corrected chi connectivity index (χ4v) is 2.73. The van der Waals surface area contributed by atoms with E-state index in [-0.39, 0.29) is 0 Å². The molecular formula is C16H20ClN3O2S. The second-order valence-corrected chi connectivity index (χ2v) is 6.57. The first kappa shape index (κ1) is 17.7. The van der Waals surface area contributed by atoms with Gasteiger partial charge in [-0.15, -0.1) is 0 Å². The highest BCUT2D eigenvalue weighted by atomic mass is 35.5. The van der Waals surface area contributed by atoms with Crippen LogP contribution in [0, 0.1) is 0 Å². The van der Waals surface area contributed by atoms with E-state index in [1.165, 1.54) is 0 Å². The predicted octanol–water partition coefficient (Wildman–Crippen LogP) is 3.44. The lowest BCUT2D eigenvalue weighted by atomic mass is 10.2. The summed E-state index contributed by atoms with van der Waals surface area (Å²) < 4.78 is 17.0. The molecule has 0 aliphatic heterocycles. The standard InChI is InChI=1S/C16H20ClN3O2S/c1-4-12-10-19-16(23(3)21)20-15(12)18-9-11-6-7-14(22-5-2)13(17)8-11/h6-8,10H,4-5,9H2,1-3H3,(H,18,19,20). The molecule has 0 aliphatic carbocycles. The molecule has 0 bridgehead atoms. The minimum Gasteiger partial charge on any atom is -0.492 e. The Bertz CT molecular complexity index is 710. The molecule has 0 saturated carbocycles. The van der Waals surface area contributed by atoms with Crippen molar-refractivity contribution in [3.63, 3.8) is 0 Å². The fraction of sp³-hybridized carbons (Fsp3) is 0.375. The van der Waals surface area contributed by atoms with E-state index in [2.05, 4.69) is 15.3 Å². The lowest BCUT2D eigenvalue weighted by molar-refractivity contribution is 0.340. The highest BCUT2D eigenvalue weighted by Crippen LogP contribution is 2.26. The molecule has 2 aromatic rings. The first-order valence-corrected chi connectivity index (χ1v) is 9.33. The summed E-state index contributed by atoms with van der Waals surface area (Å²) in [6.07, 6.45) is 4.08. The van der Waals surface area contributed by atoms with Crippen LogP contribution in [0.3, 0.4) is 0 Å². The summed E-state index contributed by atoms with van der Waals surface area (Å²) in [7, 11) is -1.21. The van der Waals surface area contributed by atoms with E-state index in [0.29, 0.717) is 34.9 Å². The zero-order valence-corrected chi connectivity index (χ0v) is 15.0. The largest absolute Gasteiger partial charge is 0.492 e. The number of halogens is 1. The van der Waals surface area contributed by atoms with Gasteiger partial charge in [-0.05, 0) is 31.0 Å². The zero-order chi connectivity index (χ0) is 16.8. The Hall–Kier alpha value is -1.66. The molecule has 0 spiro atoms. The summed E-state index contributed by atoms with van der Waals surface area (Å²) in [5.74, 6) is 1.38. The van der Waals surface area contributed by atoms with Crippen molar-refractivity contribution >= 4 is 28.2 Å². The van der Waals surface area contributed by atoms with Gasteiger partial charge in [0.2, 0.25) is 5.16 Å². The molecule has 23 heavy (non-hydrogen) atoms. The Morgan fingerprint density at radius 1 is 1.35 bits per heavy atom. The maximum absolute atomic E-state index is 11.5. The van der Waals surface area contributed by atoms with Crippen molar-refractivity contribution in [1.29, 1.82) is 0 Å². The number of aromatic nitrogens is 2. The van der Waals surface area contributed by atoms with Gasteiger partial charge in [0.15, 0.2) is 0 Å². The number of ether oxygens (including phenoxy) is 1.